The molecule has 10 nitrogen and oxygen atoms in total. The molecule has 0 saturated carbocycles. The number of amides is 1. The SMILES string of the molecule is COc1ccc(N([C@H](C)C(=O)Nc2ccc(S(=O)(=O)Nc3nccs3)cc2)S(C)(=O)=O)cc1Cl. The first-order chi connectivity index (χ1) is 15.9. The van der Waals surface area contributed by atoms with E-state index in [4.69, 9.17) is 16.3 Å². The van der Waals surface area contributed by atoms with Crippen LogP contribution in [0.2, 0.25) is 5.02 Å². The maximum absolute atomic E-state index is 12.9. The maximum atomic E-state index is 12.9. The third-order valence-electron chi connectivity index (χ3n) is 4.56. The average molecular weight is 545 g/mol. The van der Waals surface area contributed by atoms with Gasteiger partial charge in [-0.2, -0.15) is 0 Å². The summed E-state index contributed by atoms with van der Waals surface area (Å²) in [5.74, 6) is -0.274. The quantitative estimate of drug-likeness (QED) is 0.421. The minimum absolute atomic E-state index is 0.0283. The number of hydrogen-bond acceptors (Lipinski definition) is 8. The first-order valence-electron chi connectivity index (χ1n) is 9.58. The van der Waals surface area contributed by atoms with Crippen molar-refractivity contribution in [3.63, 3.8) is 0 Å². The summed E-state index contributed by atoms with van der Waals surface area (Å²) in [6.07, 6.45) is 2.45. The smallest absolute Gasteiger partial charge is 0.263 e. The number of aromatic nitrogens is 1. The molecule has 34 heavy (non-hydrogen) atoms. The van der Waals surface area contributed by atoms with Crippen LogP contribution in [0.5, 0.6) is 5.75 Å². The Hall–Kier alpha value is -2.87. The molecule has 0 spiro atoms. The van der Waals surface area contributed by atoms with E-state index in [0.717, 1.165) is 21.9 Å². The molecule has 1 aromatic heterocycles. The van der Waals surface area contributed by atoms with Crippen LogP contribution < -0.4 is 19.1 Å². The van der Waals surface area contributed by atoms with Crippen LogP contribution in [0, 0.1) is 0 Å². The van der Waals surface area contributed by atoms with Gasteiger partial charge in [0.05, 0.1) is 29.0 Å². The third-order valence-corrected chi connectivity index (χ3v) is 8.27. The summed E-state index contributed by atoms with van der Waals surface area (Å²) in [4.78, 5) is 16.7. The van der Waals surface area contributed by atoms with E-state index in [-0.39, 0.29) is 26.4 Å². The number of carbonyl (C=O) groups excluding carboxylic acids is 1. The van der Waals surface area contributed by atoms with Crippen LogP contribution in [0.1, 0.15) is 6.92 Å². The van der Waals surface area contributed by atoms with Crippen LogP contribution in [0.15, 0.2) is 58.9 Å². The van der Waals surface area contributed by atoms with E-state index in [1.807, 2.05) is 0 Å². The van der Waals surface area contributed by atoms with Crippen LogP contribution in [0.4, 0.5) is 16.5 Å². The number of ether oxygens (including phenoxy) is 1. The molecule has 0 fully saturated rings. The number of benzene rings is 2. The minimum Gasteiger partial charge on any atom is -0.495 e. The molecular weight excluding hydrogens is 524 g/mol. The number of rotatable bonds is 9. The Balaban J connectivity index is 1.78. The molecule has 0 aliphatic carbocycles. The molecular formula is C20H21ClN4O6S3. The molecule has 3 rings (SSSR count). The van der Waals surface area contributed by atoms with Gasteiger partial charge in [0.25, 0.3) is 10.0 Å². The molecule has 1 amide bonds. The largest absolute Gasteiger partial charge is 0.495 e. The van der Waals surface area contributed by atoms with Gasteiger partial charge in [-0.25, -0.2) is 21.8 Å². The fourth-order valence-electron chi connectivity index (χ4n) is 3.01. The summed E-state index contributed by atoms with van der Waals surface area (Å²) in [6, 6.07) is 8.65. The van der Waals surface area contributed by atoms with Crippen molar-refractivity contribution in [3.05, 3.63) is 59.1 Å². The van der Waals surface area contributed by atoms with Gasteiger partial charge in [0.15, 0.2) is 5.13 Å². The second-order valence-electron chi connectivity index (χ2n) is 7.01. The zero-order valence-corrected chi connectivity index (χ0v) is 21.4. The summed E-state index contributed by atoms with van der Waals surface area (Å²) >= 11 is 7.27. The number of thiazole rings is 1. The van der Waals surface area contributed by atoms with Crippen LogP contribution in [0.25, 0.3) is 0 Å². The number of anilines is 3. The fourth-order valence-corrected chi connectivity index (χ4v) is 6.22. The topological polar surface area (TPSA) is 135 Å². The summed E-state index contributed by atoms with van der Waals surface area (Å²) in [5.41, 5.74) is 0.469. The standard InChI is InChI=1S/C20H21ClN4O6S3/c1-13(25(33(3,27)28)15-6-9-18(31-2)17(21)12-15)19(26)23-14-4-7-16(8-5-14)34(29,30)24-20-22-10-11-32-20/h4-13H,1-3H3,(H,22,24)(H,23,26)/t13-/m1/s1. The number of sulfonamides is 2. The van der Waals surface area contributed by atoms with Gasteiger partial charge in [-0.1, -0.05) is 11.6 Å². The molecule has 2 N–H and O–H groups in total. The van der Waals surface area contributed by atoms with E-state index < -0.39 is 32.0 Å². The normalized spacial score (nSPS) is 12.6. The average Bonchev–Trinajstić information content (AvgIpc) is 3.25. The van der Waals surface area contributed by atoms with Crippen molar-refractivity contribution in [1.29, 1.82) is 0 Å². The summed E-state index contributed by atoms with van der Waals surface area (Å²) in [5, 5.41) is 4.65. The van der Waals surface area contributed by atoms with Gasteiger partial charge in [0.2, 0.25) is 15.9 Å². The van der Waals surface area contributed by atoms with Gasteiger partial charge in [-0.05, 0) is 49.4 Å². The van der Waals surface area contributed by atoms with Gasteiger partial charge in [0.1, 0.15) is 11.8 Å². The van der Waals surface area contributed by atoms with Crippen molar-refractivity contribution in [1.82, 2.24) is 4.98 Å². The highest BCUT2D eigenvalue weighted by Gasteiger charge is 2.30. The van der Waals surface area contributed by atoms with Gasteiger partial charge in [-0.3, -0.25) is 13.8 Å². The zero-order valence-electron chi connectivity index (χ0n) is 18.2. The van der Waals surface area contributed by atoms with Crippen LogP contribution in [-0.4, -0.2) is 47.1 Å². The molecule has 0 bridgehead atoms. The molecule has 3 aromatic rings. The third kappa shape index (κ3) is 5.97. The number of halogens is 1. The van der Waals surface area contributed by atoms with Crippen molar-refractivity contribution in [2.24, 2.45) is 0 Å². The lowest BCUT2D eigenvalue weighted by Gasteiger charge is -2.28. The highest BCUT2D eigenvalue weighted by atomic mass is 35.5. The zero-order chi connectivity index (χ0) is 25.1. The molecule has 1 heterocycles. The second kappa shape index (κ2) is 10.2. The first-order valence-corrected chi connectivity index (χ1v) is 14.2. The first kappa shape index (κ1) is 25.7. The van der Waals surface area contributed by atoms with E-state index in [0.29, 0.717) is 5.75 Å². The molecule has 2 aromatic carbocycles. The minimum atomic E-state index is -3.86. The highest BCUT2D eigenvalue weighted by molar-refractivity contribution is 7.93. The van der Waals surface area contributed by atoms with Gasteiger partial charge in [0, 0.05) is 17.3 Å². The number of carbonyl (C=O) groups is 1. The predicted molar refractivity (Wildman–Crippen MR) is 133 cm³/mol. The van der Waals surface area contributed by atoms with Crippen LogP contribution in [-0.2, 0) is 24.8 Å². The van der Waals surface area contributed by atoms with Crippen molar-refractivity contribution in [2.45, 2.75) is 17.9 Å². The number of nitrogens with zero attached hydrogens (tertiary/aromatic N) is 2. The van der Waals surface area contributed by atoms with Crippen LogP contribution in [0.3, 0.4) is 0 Å². The Morgan fingerprint density at radius 2 is 1.82 bits per heavy atom. The Kier molecular flexibility index (Phi) is 7.70. The lowest BCUT2D eigenvalue weighted by Crippen LogP contribution is -2.45. The predicted octanol–water partition coefficient (Wildman–Crippen LogP) is 3.40. The lowest BCUT2D eigenvalue weighted by molar-refractivity contribution is -0.116. The second-order valence-corrected chi connectivity index (χ2v) is 11.9. The summed E-state index contributed by atoms with van der Waals surface area (Å²) in [7, 11) is -6.28. The van der Waals surface area contributed by atoms with Crippen molar-refractivity contribution < 1.29 is 26.4 Å². The Labute approximate surface area is 206 Å². The fraction of sp³-hybridized carbons (Fsp3) is 0.200. The van der Waals surface area contributed by atoms with E-state index >= 15 is 0 Å². The molecule has 1 atom stereocenters. The number of methoxy groups -OCH3 is 1. The maximum Gasteiger partial charge on any atom is 0.263 e. The van der Waals surface area contributed by atoms with E-state index in [1.54, 1.807) is 5.38 Å². The highest BCUT2D eigenvalue weighted by Crippen LogP contribution is 2.31. The van der Waals surface area contributed by atoms with Crippen molar-refractivity contribution in [2.75, 3.05) is 27.7 Å². The molecule has 182 valence electrons. The van der Waals surface area contributed by atoms with Gasteiger partial charge in [-0.15, -0.1) is 11.3 Å². The number of nitrogens with one attached hydrogen (secondary N) is 2. The molecule has 0 radical (unpaired) electrons. The molecule has 0 unspecified atom stereocenters. The van der Waals surface area contributed by atoms with E-state index in [1.165, 1.54) is 62.7 Å². The Morgan fingerprint density at radius 3 is 2.35 bits per heavy atom. The molecule has 0 aliphatic heterocycles. The number of hydrogen-bond donors (Lipinski definition) is 2. The Morgan fingerprint density at radius 1 is 1.15 bits per heavy atom. The summed E-state index contributed by atoms with van der Waals surface area (Å²) in [6.45, 7) is 1.42. The van der Waals surface area contributed by atoms with E-state index in [9.17, 15) is 21.6 Å². The monoisotopic (exact) mass is 544 g/mol. The van der Waals surface area contributed by atoms with Crippen LogP contribution >= 0.6 is 22.9 Å². The van der Waals surface area contributed by atoms with E-state index in [2.05, 4.69) is 15.0 Å². The lowest BCUT2D eigenvalue weighted by atomic mass is 10.2. The molecule has 14 heteroatoms. The molecule has 0 aliphatic rings. The van der Waals surface area contributed by atoms with Gasteiger partial charge < -0.3 is 10.1 Å². The summed E-state index contributed by atoms with van der Waals surface area (Å²) < 4.78 is 58.2. The van der Waals surface area contributed by atoms with Crippen molar-refractivity contribution in [3.8, 4) is 5.75 Å². The van der Waals surface area contributed by atoms with Gasteiger partial charge >= 0.3 is 0 Å². The Bertz CT molecular complexity index is 1380. The van der Waals surface area contributed by atoms with Crippen molar-refractivity contribution >= 4 is 65.4 Å². The molecule has 0 saturated heterocycles.